The van der Waals surface area contributed by atoms with E-state index in [4.69, 9.17) is 10.00 Å². The summed E-state index contributed by atoms with van der Waals surface area (Å²) in [5.74, 6) is 1.88. The van der Waals surface area contributed by atoms with Gasteiger partial charge in [0.2, 0.25) is 0 Å². The zero-order valence-electron chi connectivity index (χ0n) is 24.2. The molecule has 8 nitrogen and oxygen atoms in total. The highest BCUT2D eigenvalue weighted by Crippen LogP contribution is 2.30. The average molecular weight is 581 g/mol. The standard InChI is InChI=1S/C31H35F3N6O2/c1-22-24(9-8-16-36-38-25-12-10-23(19-35)11-13-25)20-39(17-6-5-7-18-42-30(41)37-31(2,3)4)21-40(22)27-15-14-26(32)28(33)29(27)34/h10-16,38H,5-7,17-18,20-21H2,1-4H3,(H,37,41)/b36-16+. The van der Waals surface area contributed by atoms with E-state index in [1.54, 1.807) is 36.1 Å². The number of hydrogen-bond acceptors (Lipinski definition) is 7. The highest BCUT2D eigenvalue weighted by Gasteiger charge is 2.27. The van der Waals surface area contributed by atoms with Crippen LogP contribution >= 0.6 is 0 Å². The fourth-order valence-corrected chi connectivity index (χ4v) is 4.12. The van der Waals surface area contributed by atoms with Gasteiger partial charge in [0.05, 0.1) is 42.5 Å². The number of ether oxygens (including phenoxy) is 1. The smallest absolute Gasteiger partial charge is 0.407 e. The van der Waals surface area contributed by atoms with E-state index in [-0.39, 0.29) is 17.9 Å². The highest BCUT2D eigenvalue weighted by atomic mass is 19.2. The number of nitrogens with one attached hydrogen (secondary N) is 2. The summed E-state index contributed by atoms with van der Waals surface area (Å²) < 4.78 is 47.7. The average Bonchev–Trinajstić information content (AvgIpc) is 2.94. The lowest BCUT2D eigenvalue weighted by atomic mass is 10.1. The number of anilines is 2. The molecular formula is C31H35F3N6O2. The van der Waals surface area contributed by atoms with Crippen LogP contribution in [-0.4, -0.2) is 49.1 Å². The monoisotopic (exact) mass is 580 g/mol. The molecule has 0 fully saturated rings. The van der Waals surface area contributed by atoms with Crippen molar-refractivity contribution in [2.24, 2.45) is 5.10 Å². The Balaban J connectivity index is 1.66. The Morgan fingerprint density at radius 2 is 1.83 bits per heavy atom. The van der Waals surface area contributed by atoms with E-state index in [9.17, 15) is 18.0 Å². The number of nitrogens with zero attached hydrogens (tertiary/aromatic N) is 4. The van der Waals surface area contributed by atoms with Gasteiger partial charge in [0.25, 0.3) is 0 Å². The first-order valence-electron chi connectivity index (χ1n) is 13.6. The molecule has 0 saturated heterocycles. The Hall–Kier alpha value is -4.48. The molecule has 0 spiro atoms. The van der Waals surface area contributed by atoms with Gasteiger partial charge in [-0.3, -0.25) is 10.3 Å². The van der Waals surface area contributed by atoms with Crippen LogP contribution in [0.15, 0.2) is 52.8 Å². The van der Waals surface area contributed by atoms with Crippen LogP contribution < -0.4 is 15.6 Å². The van der Waals surface area contributed by atoms with Crippen molar-refractivity contribution in [2.75, 3.05) is 36.7 Å². The zero-order valence-corrected chi connectivity index (χ0v) is 24.2. The molecule has 1 heterocycles. The number of rotatable bonds is 9. The molecule has 0 aliphatic carbocycles. The van der Waals surface area contributed by atoms with Crippen molar-refractivity contribution >= 4 is 23.7 Å². The van der Waals surface area contributed by atoms with Gasteiger partial charge in [0.15, 0.2) is 17.5 Å². The summed E-state index contributed by atoms with van der Waals surface area (Å²) in [4.78, 5) is 15.4. The normalized spacial score (nSPS) is 13.9. The molecule has 2 N–H and O–H groups in total. The van der Waals surface area contributed by atoms with E-state index < -0.39 is 23.5 Å². The van der Waals surface area contributed by atoms with Crippen LogP contribution in [0.25, 0.3) is 0 Å². The van der Waals surface area contributed by atoms with Crippen LogP contribution in [-0.2, 0) is 4.74 Å². The van der Waals surface area contributed by atoms with Crippen molar-refractivity contribution in [2.45, 2.75) is 52.5 Å². The second-order valence-corrected chi connectivity index (χ2v) is 10.8. The lowest BCUT2D eigenvalue weighted by Gasteiger charge is -2.38. The highest BCUT2D eigenvalue weighted by molar-refractivity contribution is 5.80. The summed E-state index contributed by atoms with van der Waals surface area (Å²) in [5.41, 5.74) is 4.90. The summed E-state index contributed by atoms with van der Waals surface area (Å²) in [6, 6.07) is 10.9. The van der Waals surface area contributed by atoms with Gasteiger partial charge in [-0.25, -0.2) is 18.0 Å². The van der Waals surface area contributed by atoms with Gasteiger partial charge in [0, 0.05) is 29.9 Å². The number of amides is 1. The fraction of sp³-hybridized carbons (Fsp3) is 0.387. The molecule has 2 aromatic rings. The number of allylic oxidation sites excluding steroid dienone is 1. The first-order valence-corrected chi connectivity index (χ1v) is 13.6. The SMILES string of the molecule is CC1=C(C#C/C=N/Nc2ccc(C#N)cc2)CN(CCCCCOC(=O)NC(C)(C)C)CN1c1ccc(F)c(F)c1F. The molecule has 1 aliphatic heterocycles. The lowest BCUT2D eigenvalue weighted by Crippen LogP contribution is -2.44. The lowest BCUT2D eigenvalue weighted by molar-refractivity contribution is 0.135. The molecule has 222 valence electrons. The number of nitriles is 1. The Labute approximate surface area is 244 Å². The van der Waals surface area contributed by atoms with Gasteiger partial charge >= 0.3 is 6.09 Å². The molecule has 2 aromatic carbocycles. The zero-order chi connectivity index (χ0) is 30.7. The molecule has 11 heteroatoms. The summed E-state index contributed by atoms with van der Waals surface area (Å²) in [6.45, 7) is 9.03. The van der Waals surface area contributed by atoms with Crippen molar-refractivity contribution in [3.63, 3.8) is 0 Å². The van der Waals surface area contributed by atoms with Gasteiger partial charge in [-0.1, -0.05) is 5.92 Å². The number of alkyl carbamates (subject to hydrolysis) is 1. The van der Waals surface area contributed by atoms with E-state index in [1.165, 1.54) is 12.3 Å². The number of halogens is 3. The van der Waals surface area contributed by atoms with Crippen LogP contribution in [0.3, 0.4) is 0 Å². The van der Waals surface area contributed by atoms with Crippen LogP contribution in [0.5, 0.6) is 0 Å². The van der Waals surface area contributed by atoms with E-state index in [1.807, 2.05) is 31.7 Å². The molecule has 3 rings (SSSR count). The maximum absolute atomic E-state index is 14.8. The van der Waals surface area contributed by atoms with E-state index >= 15 is 0 Å². The fourth-order valence-electron chi connectivity index (χ4n) is 4.12. The van der Waals surface area contributed by atoms with Crippen molar-refractivity contribution in [3.8, 4) is 17.9 Å². The second kappa shape index (κ2) is 14.9. The number of benzene rings is 2. The van der Waals surface area contributed by atoms with E-state index in [2.05, 4.69) is 27.7 Å². The third-order valence-corrected chi connectivity index (χ3v) is 6.26. The Morgan fingerprint density at radius 1 is 1.10 bits per heavy atom. The third kappa shape index (κ3) is 9.57. The predicted octanol–water partition coefficient (Wildman–Crippen LogP) is 6.13. The van der Waals surface area contributed by atoms with E-state index in [0.717, 1.165) is 18.9 Å². The molecule has 0 aromatic heterocycles. The van der Waals surface area contributed by atoms with Crippen molar-refractivity contribution in [3.05, 3.63) is 70.7 Å². The van der Waals surface area contributed by atoms with Crippen LogP contribution in [0.2, 0.25) is 0 Å². The Morgan fingerprint density at radius 3 is 2.52 bits per heavy atom. The number of hydrazone groups is 1. The number of carbonyl (C=O) groups is 1. The quantitative estimate of drug-likeness (QED) is 0.122. The van der Waals surface area contributed by atoms with Gasteiger partial charge in [-0.2, -0.15) is 10.4 Å². The molecule has 0 unspecified atom stereocenters. The minimum absolute atomic E-state index is 0.0789. The molecule has 0 bridgehead atoms. The Bertz CT molecular complexity index is 1420. The second-order valence-electron chi connectivity index (χ2n) is 10.8. The molecule has 0 atom stereocenters. The summed E-state index contributed by atoms with van der Waals surface area (Å²) in [6.07, 6.45) is 3.17. The first kappa shape index (κ1) is 32.0. The Kier molecular flexibility index (Phi) is 11.4. The minimum Gasteiger partial charge on any atom is -0.450 e. The minimum atomic E-state index is -1.53. The predicted molar refractivity (Wildman–Crippen MR) is 157 cm³/mol. The maximum atomic E-state index is 14.8. The summed E-state index contributed by atoms with van der Waals surface area (Å²) in [5, 5.41) is 15.7. The molecule has 1 amide bonds. The molecule has 0 saturated carbocycles. The number of hydrogen-bond donors (Lipinski definition) is 2. The van der Waals surface area contributed by atoms with Crippen molar-refractivity contribution in [1.29, 1.82) is 5.26 Å². The molecule has 1 aliphatic rings. The van der Waals surface area contributed by atoms with Crippen LogP contribution in [0.4, 0.5) is 29.3 Å². The van der Waals surface area contributed by atoms with Crippen LogP contribution in [0.1, 0.15) is 52.5 Å². The first-order chi connectivity index (χ1) is 20.0. The maximum Gasteiger partial charge on any atom is 0.407 e. The largest absolute Gasteiger partial charge is 0.450 e. The summed E-state index contributed by atoms with van der Waals surface area (Å²) in [7, 11) is 0. The van der Waals surface area contributed by atoms with Crippen LogP contribution in [0, 0.1) is 40.6 Å². The van der Waals surface area contributed by atoms with Gasteiger partial charge in [-0.15, -0.1) is 0 Å². The van der Waals surface area contributed by atoms with Crippen molar-refractivity contribution in [1.82, 2.24) is 10.2 Å². The third-order valence-electron chi connectivity index (χ3n) is 6.26. The number of carbonyl (C=O) groups excluding carboxylic acids is 1. The van der Waals surface area contributed by atoms with Gasteiger partial charge in [-0.05, 0) is 89.3 Å². The van der Waals surface area contributed by atoms with E-state index in [0.29, 0.717) is 48.6 Å². The molecular weight excluding hydrogens is 545 g/mol. The van der Waals surface area contributed by atoms with Gasteiger partial charge < -0.3 is 15.0 Å². The topological polar surface area (TPSA) is 93.0 Å². The molecule has 42 heavy (non-hydrogen) atoms. The molecule has 0 radical (unpaired) electrons. The summed E-state index contributed by atoms with van der Waals surface area (Å²) >= 11 is 0. The number of unbranched alkanes of at least 4 members (excludes halogenated alkanes) is 2. The van der Waals surface area contributed by atoms with Crippen molar-refractivity contribution < 1.29 is 22.7 Å². The van der Waals surface area contributed by atoms with Gasteiger partial charge in [0.1, 0.15) is 0 Å².